The van der Waals surface area contributed by atoms with Crippen LogP contribution < -0.4 is 16.2 Å². The fourth-order valence-corrected chi connectivity index (χ4v) is 2.54. The molecule has 2 fully saturated rings. The van der Waals surface area contributed by atoms with E-state index >= 15 is 0 Å². The van der Waals surface area contributed by atoms with E-state index in [1.165, 1.54) is 0 Å². The van der Waals surface area contributed by atoms with E-state index in [4.69, 9.17) is 14.2 Å². The monoisotopic (exact) mass is 329 g/mol. The summed E-state index contributed by atoms with van der Waals surface area (Å²) in [4.78, 5) is 23.4. The number of hydrazine groups is 1. The zero-order valence-corrected chi connectivity index (χ0v) is 13.6. The molecule has 8 heteroatoms. The average molecular weight is 329 g/mol. The van der Waals surface area contributed by atoms with Gasteiger partial charge in [-0.3, -0.25) is 10.2 Å². The molecule has 2 aliphatic heterocycles. The zero-order valence-electron chi connectivity index (χ0n) is 13.6. The number of amides is 3. The van der Waals surface area contributed by atoms with Crippen molar-refractivity contribution in [3.8, 4) is 0 Å². The minimum atomic E-state index is -0.654. The van der Waals surface area contributed by atoms with Crippen molar-refractivity contribution in [2.45, 2.75) is 57.3 Å². The Morgan fingerprint density at radius 2 is 1.83 bits per heavy atom. The lowest BCUT2D eigenvalue weighted by molar-refractivity contribution is -0.136. The first-order chi connectivity index (χ1) is 11.1. The van der Waals surface area contributed by atoms with Crippen LogP contribution in [0.2, 0.25) is 0 Å². The van der Waals surface area contributed by atoms with Crippen LogP contribution in [0.1, 0.15) is 39.0 Å². The van der Waals surface area contributed by atoms with Crippen LogP contribution in [-0.2, 0) is 19.0 Å². The lowest BCUT2D eigenvalue weighted by Gasteiger charge is -2.23. The van der Waals surface area contributed by atoms with E-state index in [0.29, 0.717) is 13.2 Å². The highest BCUT2D eigenvalue weighted by molar-refractivity contribution is 5.83. The fourth-order valence-electron chi connectivity index (χ4n) is 2.54. The summed E-state index contributed by atoms with van der Waals surface area (Å²) in [6.07, 6.45) is 4.59. The predicted octanol–water partition coefficient (Wildman–Crippen LogP) is 0.470. The lowest BCUT2D eigenvalue weighted by Crippen LogP contribution is -2.51. The SMILES string of the molecule is CC(OCC1CCCCO1)C(=O)NNC(=O)NCC1CCCO1. The maximum absolute atomic E-state index is 11.8. The topological polar surface area (TPSA) is 97.9 Å². The summed E-state index contributed by atoms with van der Waals surface area (Å²) in [5, 5.41) is 2.65. The maximum Gasteiger partial charge on any atom is 0.333 e. The van der Waals surface area contributed by atoms with Gasteiger partial charge in [0.1, 0.15) is 6.10 Å². The van der Waals surface area contributed by atoms with Crippen LogP contribution in [0.4, 0.5) is 4.79 Å². The first-order valence-electron chi connectivity index (χ1n) is 8.33. The standard InChI is InChI=1S/C15H27N3O5/c1-11(23-10-13-5-2-3-7-22-13)14(19)17-18-15(20)16-9-12-6-4-8-21-12/h11-13H,2-10H2,1H3,(H,17,19)(H2,16,18,20). The zero-order chi connectivity index (χ0) is 16.5. The van der Waals surface area contributed by atoms with E-state index in [9.17, 15) is 9.59 Å². The number of ether oxygens (including phenoxy) is 3. The summed E-state index contributed by atoms with van der Waals surface area (Å²) in [5.41, 5.74) is 4.65. The second-order valence-corrected chi connectivity index (χ2v) is 5.92. The second-order valence-electron chi connectivity index (χ2n) is 5.92. The van der Waals surface area contributed by atoms with Crippen LogP contribution in [0.3, 0.4) is 0 Å². The Balaban J connectivity index is 1.54. The van der Waals surface area contributed by atoms with E-state index in [0.717, 1.165) is 45.3 Å². The summed E-state index contributed by atoms with van der Waals surface area (Å²) in [6.45, 7) is 3.96. The Hall–Kier alpha value is -1.38. The minimum absolute atomic E-state index is 0.0571. The summed E-state index contributed by atoms with van der Waals surface area (Å²) in [5.74, 6) is -0.395. The normalized spacial score (nSPS) is 25.6. The molecule has 0 aromatic rings. The van der Waals surface area contributed by atoms with Gasteiger partial charge in [-0.05, 0) is 39.0 Å². The highest BCUT2D eigenvalue weighted by Gasteiger charge is 2.20. The number of hydrogen-bond donors (Lipinski definition) is 3. The molecule has 2 saturated heterocycles. The van der Waals surface area contributed by atoms with Crippen LogP contribution in [-0.4, -0.2) is 56.6 Å². The summed E-state index contributed by atoms with van der Waals surface area (Å²) < 4.78 is 16.4. The highest BCUT2D eigenvalue weighted by Crippen LogP contribution is 2.13. The average Bonchev–Trinajstić information content (AvgIpc) is 3.10. The molecule has 3 atom stereocenters. The third-order valence-electron chi connectivity index (χ3n) is 3.99. The number of hydrogen-bond acceptors (Lipinski definition) is 5. The van der Waals surface area contributed by atoms with Gasteiger partial charge in [0, 0.05) is 19.8 Å². The summed E-state index contributed by atoms with van der Waals surface area (Å²) in [7, 11) is 0. The van der Waals surface area contributed by atoms with Crippen molar-refractivity contribution in [2.24, 2.45) is 0 Å². The van der Waals surface area contributed by atoms with Gasteiger partial charge in [-0.15, -0.1) is 0 Å². The van der Waals surface area contributed by atoms with Gasteiger partial charge >= 0.3 is 6.03 Å². The third kappa shape index (κ3) is 6.72. The molecule has 132 valence electrons. The van der Waals surface area contributed by atoms with Crippen molar-refractivity contribution in [1.29, 1.82) is 0 Å². The molecule has 3 unspecified atom stereocenters. The first-order valence-corrected chi connectivity index (χ1v) is 8.33. The summed E-state index contributed by atoms with van der Waals surface area (Å²) >= 11 is 0. The number of nitrogens with one attached hydrogen (secondary N) is 3. The van der Waals surface area contributed by atoms with Crippen molar-refractivity contribution in [3.05, 3.63) is 0 Å². The fraction of sp³-hybridized carbons (Fsp3) is 0.867. The molecule has 3 amide bonds. The number of carbonyl (C=O) groups excluding carboxylic acids is 2. The first kappa shape index (κ1) is 18.0. The lowest BCUT2D eigenvalue weighted by atomic mass is 10.1. The summed E-state index contributed by atoms with van der Waals surface area (Å²) in [6, 6.07) is -0.461. The van der Waals surface area contributed by atoms with Gasteiger partial charge in [-0.1, -0.05) is 0 Å². The molecule has 2 aliphatic rings. The van der Waals surface area contributed by atoms with Crippen LogP contribution >= 0.6 is 0 Å². The van der Waals surface area contributed by atoms with Crippen molar-refractivity contribution in [1.82, 2.24) is 16.2 Å². The predicted molar refractivity (Wildman–Crippen MR) is 82.7 cm³/mol. The maximum atomic E-state index is 11.8. The molecule has 0 aromatic heterocycles. The van der Waals surface area contributed by atoms with Crippen LogP contribution in [0, 0.1) is 0 Å². The van der Waals surface area contributed by atoms with Crippen LogP contribution in [0.5, 0.6) is 0 Å². The molecule has 0 bridgehead atoms. The Morgan fingerprint density at radius 1 is 1.09 bits per heavy atom. The van der Waals surface area contributed by atoms with E-state index in [2.05, 4.69) is 16.2 Å². The van der Waals surface area contributed by atoms with E-state index in [1.54, 1.807) is 6.92 Å². The Morgan fingerprint density at radius 3 is 2.52 bits per heavy atom. The second kappa shape index (κ2) is 9.69. The third-order valence-corrected chi connectivity index (χ3v) is 3.99. The van der Waals surface area contributed by atoms with Gasteiger partial charge in [0.25, 0.3) is 5.91 Å². The van der Waals surface area contributed by atoms with Crippen molar-refractivity contribution in [3.63, 3.8) is 0 Å². The molecular formula is C15H27N3O5. The molecule has 0 aliphatic carbocycles. The highest BCUT2D eigenvalue weighted by atomic mass is 16.5. The molecule has 0 radical (unpaired) electrons. The molecule has 3 N–H and O–H groups in total. The van der Waals surface area contributed by atoms with Gasteiger partial charge < -0.3 is 19.5 Å². The Labute approximate surface area is 136 Å². The van der Waals surface area contributed by atoms with Gasteiger partial charge in [0.2, 0.25) is 0 Å². The molecule has 2 rings (SSSR count). The molecule has 8 nitrogen and oxygen atoms in total. The largest absolute Gasteiger partial charge is 0.376 e. The minimum Gasteiger partial charge on any atom is -0.376 e. The molecule has 2 heterocycles. The van der Waals surface area contributed by atoms with E-state index < -0.39 is 18.0 Å². The van der Waals surface area contributed by atoms with Gasteiger partial charge in [-0.2, -0.15) is 0 Å². The van der Waals surface area contributed by atoms with Gasteiger partial charge in [-0.25, -0.2) is 10.2 Å². The molecule has 0 aromatic carbocycles. The van der Waals surface area contributed by atoms with Crippen molar-refractivity contribution < 1.29 is 23.8 Å². The Kier molecular flexibility index (Phi) is 7.57. The molecule has 0 saturated carbocycles. The van der Waals surface area contributed by atoms with Gasteiger partial charge in [0.05, 0.1) is 18.8 Å². The molecule has 0 spiro atoms. The van der Waals surface area contributed by atoms with Crippen molar-refractivity contribution >= 4 is 11.9 Å². The van der Waals surface area contributed by atoms with Crippen molar-refractivity contribution in [2.75, 3.05) is 26.4 Å². The number of carbonyl (C=O) groups is 2. The number of urea groups is 1. The smallest absolute Gasteiger partial charge is 0.333 e. The van der Waals surface area contributed by atoms with Crippen LogP contribution in [0.25, 0.3) is 0 Å². The Bertz CT molecular complexity index is 381. The van der Waals surface area contributed by atoms with E-state index in [1.807, 2.05) is 0 Å². The molecular weight excluding hydrogens is 302 g/mol. The van der Waals surface area contributed by atoms with Gasteiger partial charge in [0.15, 0.2) is 0 Å². The molecule has 23 heavy (non-hydrogen) atoms. The van der Waals surface area contributed by atoms with Crippen LogP contribution in [0.15, 0.2) is 0 Å². The number of rotatable bonds is 6. The van der Waals surface area contributed by atoms with E-state index in [-0.39, 0.29) is 12.2 Å². The quantitative estimate of drug-likeness (QED) is 0.615.